The second-order valence-corrected chi connectivity index (χ2v) is 4.74. The van der Waals surface area contributed by atoms with Gasteiger partial charge in [0, 0.05) is 12.2 Å². The summed E-state index contributed by atoms with van der Waals surface area (Å²) in [5.74, 6) is -1.18. The molecule has 0 aliphatic rings. The van der Waals surface area contributed by atoms with Gasteiger partial charge in [0.2, 0.25) is 5.91 Å². The number of nitrogens with two attached hydrogens (primary N) is 3. The lowest BCUT2D eigenvalue weighted by Crippen LogP contribution is -2.44. The number of nitrogens with zero attached hydrogens (tertiary/aromatic N) is 1. The maximum atomic E-state index is 11.5. The van der Waals surface area contributed by atoms with E-state index in [-0.39, 0.29) is 17.6 Å². The van der Waals surface area contributed by atoms with E-state index >= 15 is 0 Å². The molecule has 1 aromatic heterocycles. The monoisotopic (exact) mass is 280 g/mol. The number of hydrogen-bond donors (Lipinski definition) is 5. The highest BCUT2D eigenvalue weighted by molar-refractivity contribution is 6.00. The zero-order valence-electron chi connectivity index (χ0n) is 11.5. The van der Waals surface area contributed by atoms with Gasteiger partial charge >= 0.3 is 0 Å². The number of amides is 2. The lowest BCUT2D eigenvalue weighted by Gasteiger charge is -2.18. The molecule has 2 amide bonds. The van der Waals surface area contributed by atoms with Gasteiger partial charge < -0.3 is 27.5 Å². The maximum absolute atomic E-state index is 11.5. The number of carbonyl (C=O) groups is 2. The maximum Gasteiger partial charge on any atom is 0.296 e. The van der Waals surface area contributed by atoms with Gasteiger partial charge in [0.25, 0.3) is 5.91 Å². The Morgan fingerprint density at radius 1 is 1.30 bits per heavy atom. The van der Waals surface area contributed by atoms with Crippen molar-refractivity contribution in [2.24, 2.45) is 28.1 Å². The Hall–Kier alpha value is -2.35. The number of aromatic amines is 1. The molecule has 8 heteroatoms. The standard InChI is InChI=1S/C12H20N6O2/c1-6(2)9(10(13)19)16-5-7-3-4-8(17-7)11(20)18-12(14)15/h3-4,6,9,16-17H,5H2,1-2H3,(H2,13,19)(H4,14,15,18,20)/t9-/m0/s1. The molecule has 0 radical (unpaired) electrons. The third-order valence-electron chi connectivity index (χ3n) is 2.69. The highest BCUT2D eigenvalue weighted by Crippen LogP contribution is 2.06. The van der Waals surface area contributed by atoms with Gasteiger partial charge in [-0.3, -0.25) is 9.59 Å². The quantitative estimate of drug-likeness (QED) is 0.335. The molecule has 0 fully saturated rings. The molecule has 1 heterocycles. The Labute approximate surface area is 116 Å². The number of aliphatic imine (C=N–C) groups is 1. The first-order valence-corrected chi connectivity index (χ1v) is 6.15. The van der Waals surface area contributed by atoms with E-state index in [1.165, 1.54) is 0 Å². The van der Waals surface area contributed by atoms with Crippen LogP contribution in [0.4, 0.5) is 0 Å². The van der Waals surface area contributed by atoms with Crippen LogP contribution in [0.3, 0.4) is 0 Å². The number of guanidine groups is 1. The van der Waals surface area contributed by atoms with E-state index < -0.39 is 17.9 Å². The van der Waals surface area contributed by atoms with Gasteiger partial charge in [-0.1, -0.05) is 13.8 Å². The molecule has 0 saturated carbocycles. The summed E-state index contributed by atoms with van der Waals surface area (Å²) in [5.41, 5.74) is 16.6. The van der Waals surface area contributed by atoms with Crippen molar-refractivity contribution >= 4 is 17.8 Å². The smallest absolute Gasteiger partial charge is 0.296 e. The predicted molar refractivity (Wildman–Crippen MR) is 75.6 cm³/mol. The van der Waals surface area contributed by atoms with Crippen LogP contribution in [-0.2, 0) is 11.3 Å². The molecule has 20 heavy (non-hydrogen) atoms. The normalized spacial score (nSPS) is 12.2. The zero-order valence-corrected chi connectivity index (χ0v) is 11.5. The SMILES string of the molecule is CC(C)[C@H](NCc1ccc(C(=O)N=C(N)N)[nH]1)C(N)=O. The van der Waals surface area contributed by atoms with Gasteiger partial charge in [-0.15, -0.1) is 0 Å². The Bertz CT molecular complexity index is 516. The topological polar surface area (TPSA) is 152 Å². The van der Waals surface area contributed by atoms with Crippen LogP contribution in [0.15, 0.2) is 17.1 Å². The molecule has 0 aliphatic carbocycles. The molecule has 0 aliphatic heterocycles. The van der Waals surface area contributed by atoms with Crippen molar-refractivity contribution in [3.63, 3.8) is 0 Å². The van der Waals surface area contributed by atoms with Crippen LogP contribution in [-0.4, -0.2) is 28.8 Å². The van der Waals surface area contributed by atoms with E-state index in [1.54, 1.807) is 12.1 Å². The van der Waals surface area contributed by atoms with Gasteiger partial charge in [-0.25, -0.2) is 0 Å². The predicted octanol–water partition coefficient (Wildman–Crippen LogP) is -0.972. The van der Waals surface area contributed by atoms with Crippen LogP contribution in [0, 0.1) is 5.92 Å². The third kappa shape index (κ3) is 4.39. The van der Waals surface area contributed by atoms with Crippen molar-refractivity contribution in [2.45, 2.75) is 26.4 Å². The van der Waals surface area contributed by atoms with Gasteiger partial charge in [-0.2, -0.15) is 4.99 Å². The Morgan fingerprint density at radius 3 is 2.45 bits per heavy atom. The summed E-state index contributed by atoms with van der Waals surface area (Å²) in [6.45, 7) is 4.16. The van der Waals surface area contributed by atoms with Crippen molar-refractivity contribution < 1.29 is 9.59 Å². The summed E-state index contributed by atoms with van der Waals surface area (Å²) < 4.78 is 0. The summed E-state index contributed by atoms with van der Waals surface area (Å²) in [6, 6.07) is 2.84. The van der Waals surface area contributed by atoms with Gasteiger partial charge in [0.15, 0.2) is 5.96 Å². The average Bonchev–Trinajstić information content (AvgIpc) is 2.76. The van der Waals surface area contributed by atoms with Crippen molar-refractivity contribution in [3.8, 4) is 0 Å². The van der Waals surface area contributed by atoms with Crippen LogP contribution < -0.4 is 22.5 Å². The molecular formula is C12H20N6O2. The van der Waals surface area contributed by atoms with Crippen LogP contribution in [0.2, 0.25) is 0 Å². The highest BCUT2D eigenvalue weighted by Gasteiger charge is 2.18. The molecule has 0 aromatic carbocycles. The highest BCUT2D eigenvalue weighted by atomic mass is 16.2. The van der Waals surface area contributed by atoms with E-state index in [2.05, 4.69) is 15.3 Å². The Balaban J connectivity index is 2.67. The van der Waals surface area contributed by atoms with Crippen LogP contribution >= 0.6 is 0 Å². The van der Waals surface area contributed by atoms with E-state index in [1.807, 2.05) is 13.8 Å². The third-order valence-corrected chi connectivity index (χ3v) is 2.69. The summed E-state index contributed by atoms with van der Waals surface area (Å²) in [7, 11) is 0. The van der Waals surface area contributed by atoms with Crippen LogP contribution in [0.1, 0.15) is 30.0 Å². The molecule has 1 rings (SSSR count). The Kier molecular flexibility index (Phi) is 5.27. The zero-order chi connectivity index (χ0) is 15.3. The molecule has 8 nitrogen and oxygen atoms in total. The average molecular weight is 280 g/mol. The molecule has 0 bridgehead atoms. The lowest BCUT2D eigenvalue weighted by atomic mass is 10.0. The summed E-state index contributed by atoms with van der Waals surface area (Å²) in [6.07, 6.45) is 0. The number of rotatable bonds is 6. The van der Waals surface area contributed by atoms with E-state index in [9.17, 15) is 9.59 Å². The van der Waals surface area contributed by atoms with Crippen LogP contribution in [0.25, 0.3) is 0 Å². The van der Waals surface area contributed by atoms with Gasteiger partial charge in [0.1, 0.15) is 5.69 Å². The van der Waals surface area contributed by atoms with E-state index in [0.29, 0.717) is 6.54 Å². The number of carbonyl (C=O) groups excluding carboxylic acids is 2. The summed E-state index contributed by atoms with van der Waals surface area (Å²) >= 11 is 0. The first kappa shape index (κ1) is 15.7. The molecule has 1 aromatic rings. The minimum absolute atomic E-state index is 0.0743. The molecule has 1 atom stereocenters. The Morgan fingerprint density at radius 2 is 1.95 bits per heavy atom. The second kappa shape index (κ2) is 6.71. The molecular weight excluding hydrogens is 260 g/mol. The summed E-state index contributed by atoms with van der Waals surface area (Å²) in [5, 5.41) is 3.03. The van der Waals surface area contributed by atoms with Crippen molar-refractivity contribution in [1.82, 2.24) is 10.3 Å². The molecule has 0 saturated heterocycles. The van der Waals surface area contributed by atoms with Crippen molar-refractivity contribution in [3.05, 3.63) is 23.5 Å². The second-order valence-electron chi connectivity index (χ2n) is 4.74. The van der Waals surface area contributed by atoms with Crippen molar-refractivity contribution in [1.29, 1.82) is 0 Å². The number of aromatic nitrogens is 1. The number of primary amides is 1. The fourth-order valence-electron chi connectivity index (χ4n) is 1.73. The van der Waals surface area contributed by atoms with Gasteiger partial charge in [0.05, 0.1) is 6.04 Å². The largest absolute Gasteiger partial charge is 0.370 e. The molecule has 110 valence electrons. The molecule has 0 spiro atoms. The van der Waals surface area contributed by atoms with E-state index in [4.69, 9.17) is 17.2 Å². The molecule has 0 unspecified atom stereocenters. The van der Waals surface area contributed by atoms with Crippen molar-refractivity contribution in [2.75, 3.05) is 0 Å². The number of H-pyrrole nitrogens is 1. The minimum atomic E-state index is -0.549. The minimum Gasteiger partial charge on any atom is -0.370 e. The first-order chi connectivity index (χ1) is 9.31. The van der Waals surface area contributed by atoms with E-state index in [0.717, 1.165) is 5.69 Å². The summed E-state index contributed by atoms with van der Waals surface area (Å²) in [4.78, 5) is 29.1. The van der Waals surface area contributed by atoms with Gasteiger partial charge in [-0.05, 0) is 18.1 Å². The van der Waals surface area contributed by atoms with Crippen LogP contribution in [0.5, 0.6) is 0 Å². The molecule has 8 N–H and O–H groups in total. The fraction of sp³-hybridized carbons (Fsp3) is 0.417. The fourth-order valence-corrected chi connectivity index (χ4v) is 1.73. The number of hydrogen-bond acceptors (Lipinski definition) is 3. The lowest BCUT2D eigenvalue weighted by molar-refractivity contribution is -0.121. The first-order valence-electron chi connectivity index (χ1n) is 6.15. The number of nitrogens with one attached hydrogen (secondary N) is 2.